The smallest absolute Gasteiger partial charge is 0.248 e. The molecule has 0 saturated heterocycles. The van der Waals surface area contributed by atoms with Gasteiger partial charge in [-0.3, -0.25) is 4.79 Å². The molecule has 24 heavy (non-hydrogen) atoms. The first kappa shape index (κ1) is 16.5. The molecule has 0 bridgehead atoms. The third-order valence-electron chi connectivity index (χ3n) is 3.91. The molecule has 3 N–H and O–H groups in total. The standard InChI is InChI=1S/C19H21N3OS/c1-22(2)11-14-8-7-13(19(20)23)9-17(14)21-10-15-12-24-18-6-4-3-5-16(15)18/h3-9,12,21H,10-11H2,1-2H3,(H2,20,23). The van der Waals surface area contributed by atoms with Gasteiger partial charge in [-0.1, -0.05) is 24.3 Å². The van der Waals surface area contributed by atoms with Crippen LogP contribution in [0.5, 0.6) is 0 Å². The third kappa shape index (κ3) is 3.58. The summed E-state index contributed by atoms with van der Waals surface area (Å²) in [5.41, 5.74) is 9.30. The maximum Gasteiger partial charge on any atom is 0.248 e. The minimum absolute atomic E-state index is 0.407. The lowest BCUT2D eigenvalue weighted by atomic mass is 10.1. The molecule has 0 spiro atoms. The highest BCUT2D eigenvalue weighted by Crippen LogP contribution is 2.27. The summed E-state index contributed by atoms with van der Waals surface area (Å²) in [6, 6.07) is 14.0. The van der Waals surface area contributed by atoms with Crippen LogP contribution in [0.4, 0.5) is 5.69 Å². The molecule has 2 aromatic carbocycles. The Morgan fingerprint density at radius 3 is 2.71 bits per heavy atom. The molecule has 0 radical (unpaired) electrons. The number of nitrogens with zero attached hydrogens (tertiary/aromatic N) is 1. The van der Waals surface area contributed by atoms with Gasteiger partial charge in [0.2, 0.25) is 5.91 Å². The van der Waals surface area contributed by atoms with Gasteiger partial charge >= 0.3 is 0 Å². The fraction of sp³-hybridized carbons (Fsp3) is 0.211. The van der Waals surface area contributed by atoms with E-state index >= 15 is 0 Å². The number of nitrogens with two attached hydrogens (primary N) is 1. The Bertz CT molecular complexity index is 870. The molecule has 0 aliphatic heterocycles. The second-order valence-electron chi connectivity index (χ2n) is 6.08. The van der Waals surface area contributed by atoms with E-state index < -0.39 is 5.91 Å². The normalized spacial score (nSPS) is 11.1. The Kier molecular flexibility index (Phi) is 4.83. The quantitative estimate of drug-likeness (QED) is 0.720. The van der Waals surface area contributed by atoms with Crippen molar-refractivity contribution < 1.29 is 4.79 Å². The molecule has 3 rings (SSSR count). The summed E-state index contributed by atoms with van der Waals surface area (Å²) in [4.78, 5) is 13.6. The predicted octanol–water partition coefficient (Wildman–Crippen LogP) is 3.67. The first-order chi connectivity index (χ1) is 11.5. The lowest BCUT2D eigenvalue weighted by Crippen LogP contribution is -2.15. The van der Waals surface area contributed by atoms with E-state index in [0.717, 1.165) is 17.8 Å². The first-order valence-corrected chi connectivity index (χ1v) is 8.69. The molecular formula is C19H21N3OS. The van der Waals surface area contributed by atoms with Gasteiger partial charge in [-0.2, -0.15) is 0 Å². The fourth-order valence-corrected chi connectivity index (χ4v) is 3.70. The van der Waals surface area contributed by atoms with E-state index in [4.69, 9.17) is 5.73 Å². The molecule has 1 heterocycles. The van der Waals surface area contributed by atoms with Gasteiger partial charge in [-0.05, 0) is 54.2 Å². The van der Waals surface area contributed by atoms with E-state index in [2.05, 4.69) is 39.9 Å². The lowest BCUT2D eigenvalue weighted by molar-refractivity contribution is 0.100. The van der Waals surface area contributed by atoms with Gasteiger partial charge < -0.3 is 16.0 Å². The molecular weight excluding hydrogens is 318 g/mol. The minimum atomic E-state index is -0.407. The highest BCUT2D eigenvalue weighted by Gasteiger charge is 2.09. The number of thiophene rings is 1. The SMILES string of the molecule is CN(C)Cc1ccc(C(N)=O)cc1NCc1csc2ccccc12. The van der Waals surface area contributed by atoms with Crippen molar-refractivity contribution in [3.63, 3.8) is 0 Å². The largest absolute Gasteiger partial charge is 0.381 e. The molecule has 0 aliphatic rings. The summed E-state index contributed by atoms with van der Waals surface area (Å²) in [6.07, 6.45) is 0. The molecule has 3 aromatic rings. The molecule has 0 unspecified atom stereocenters. The van der Waals surface area contributed by atoms with Gasteiger partial charge in [0, 0.05) is 29.0 Å². The number of hydrogen-bond acceptors (Lipinski definition) is 4. The maximum atomic E-state index is 11.5. The maximum absolute atomic E-state index is 11.5. The van der Waals surface area contributed by atoms with Gasteiger partial charge in [0.25, 0.3) is 0 Å². The van der Waals surface area contributed by atoms with Crippen molar-refractivity contribution in [1.29, 1.82) is 0 Å². The number of amides is 1. The zero-order chi connectivity index (χ0) is 17.1. The predicted molar refractivity (Wildman–Crippen MR) is 102 cm³/mol. The van der Waals surface area contributed by atoms with Crippen molar-refractivity contribution in [3.05, 3.63) is 64.5 Å². The highest BCUT2D eigenvalue weighted by molar-refractivity contribution is 7.17. The number of carbonyl (C=O) groups excluding carboxylic acids is 1. The van der Waals surface area contributed by atoms with Crippen LogP contribution in [0.1, 0.15) is 21.5 Å². The Hall–Kier alpha value is -2.37. The van der Waals surface area contributed by atoms with Crippen LogP contribution in [0.15, 0.2) is 47.8 Å². The molecule has 0 atom stereocenters. The summed E-state index contributed by atoms with van der Waals surface area (Å²) in [6.45, 7) is 1.51. The summed E-state index contributed by atoms with van der Waals surface area (Å²) < 4.78 is 1.29. The fourth-order valence-electron chi connectivity index (χ4n) is 2.73. The molecule has 0 saturated carbocycles. The number of nitrogens with one attached hydrogen (secondary N) is 1. The van der Waals surface area contributed by atoms with Crippen LogP contribution in [-0.2, 0) is 13.1 Å². The van der Waals surface area contributed by atoms with Crippen LogP contribution in [0.25, 0.3) is 10.1 Å². The van der Waals surface area contributed by atoms with Crippen molar-refractivity contribution >= 4 is 33.0 Å². The average Bonchev–Trinajstić information content (AvgIpc) is 2.96. The van der Waals surface area contributed by atoms with E-state index in [9.17, 15) is 4.79 Å². The van der Waals surface area contributed by atoms with E-state index in [1.54, 1.807) is 17.4 Å². The van der Waals surface area contributed by atoms with Crippen molar-refractivity contribution in [3.8, 4) is 0 Å². The van der Waals surface area contributed by atoms with Crippen molar-refractivity contribution in [2.45, 2.75) is 13.1 Å². The van der Waals surface area contributed by atoms with Gasteiger partial charge in [-0.15, -0.1) is 11.3 Å². The molecule has 0 fully saturated rings. The molecule has 1 amide bonds. The monoisotopic (exact) mass is 339 g/mol. The van der Waals surface area contributed by atoms with Gasteiger partial charge in [0.15, 0.2) is 0 Å². The summed E-state index contributed by atoms with van der Waals surface area (Å²) in [5.74, 6) is -0.407. The van der Waals surface area contributed by atoms with Gasteiger partial charge in [-0.25, -0.2) is 0 Å². The van der Waals surface area contributed by atoms with Crippen LogP contribution in [0.2, 0.25) is 0 Å². The van der Waals surface area contributed by atoms with Crippen LogP contribution in [0, 0.1) is 0 Å². The van der Waals surface area contributed by atoms with Crippen LogP contribution in [0.3, 0.4) is 0 Å². The molecule has 4 nitrogen and oxygen atoms in total. The average molecular weight is 339 g/mol. The van der Waals surface area contributed by atoms with Crippen LogP contribution < -0.4 is 11.1 Å². The highest BCUT2D eigenvalue weighted by atomic mass is 32.1. The van der Waals surface area contributed by atoms with E-state index in [1.807, 2.05) is 26.2 Å². The number of fused-ring (bicyclic) bond motifs is 1. The number of benzene rings is 2. The number of rotatable bonds is 6. The number of primary amides is 1. The first-order valence-electron chi connectivity index (χ1n) is 7.81. The van der Waals surface area contributed by atoms with E-state index in [0.29, 0.717) is 12.1 Å². The van der Waals surface area contributed by atoms with Gasteiger partial charge in [0.05, 0.1) is 0 Å². The summed E-state index contributed by atoms with van der Waals surface area (Å²) in [7, 11) is 4.05. The second-order valence-corrected chi connectivity index (χ2v) is 7.00. The topological polar surface area (TPSA) is 58.4 Å². The third-order valence-corrected chi connectivity index (χ3v) is 4.92. The van der Waals surface area contributed by atoms with Crippen LogP contribution >= 0.6 is 11.3 Å². The number of carbonyl (C=O) groups is 1. The van der Waals surface area contributed by atoms with Crippen molar-refractivity contribution in [2.24, 2.45) is 5.73 Å². The molecule has 5 heteroatoms. The zero-order valence-electron chi connectivity index (χ0n) is 13.9. The van der Waals surface area contributed by atoms with Crippen molar-refractivity contribution in [2.75, 3.05) is 19.4 Å². The van der Waals surface area contributed by atoms with Crippen molar-refractivity contribution in [1.82, 2.24) is 4.90 Å². The minimum Gasteiger partial charge on any atom is -0.381 e. The van der Waals surface area contributed by atoms with Gasteiger partial charge in [0.1, 0.15) is 0 Å². The Labute approximate surface area is 145 Å². The number of anilines is 1. The summed E-state index contributed by atoms with van der Waals surface area (Å²) in [5, 5.41) is 6.94. The van der Waals surface area contributed by atoms with E-state index in [-0.39, 0.29) is 0 Å². The molecule has 124 valence electrons. The molecule has 1 aromatic heterocycles. The van der Waals surface area contributed by atoms with E-state index in [1.165, 1.54) is 15.6 Å². The Morgan fingerprint density at radius 2 is 1.96 bits per heavy atom. The Morgan fingerprint density at radius 1 is 1.17 bits per heavy atom. The molecule has 0 aliphatic carbocycles. The lowest BCUT2D eigenvalue weighted by Gasteiger charge is -2.16. The second kappa shape index (κ2) is 7.03. The Balaban J connectivity index is 1.87. The number of hydrogen-bond donors (Lipinski definition) is 2. The zero-order valence-corrected chi connectivity index (χ0v) is 14.7. The summed E-state index contributed by atoms with van der Waals surface area (Å²) >= 11 is 1.75. The van der Waals surface area contributed by atoms with Crippen LogP contribution in [-0.4, -0.2) is 24.9 Å².